The third kappa shape index (κ3) is 4.04. The second-order valence-corrected chi connectivity index (χ2v) is 5.62. The number of rotatable bonds is 5. The molecular weight excluding hydrogens is 317 g/mol. The van der Waals surface area contributed by atoms with Crippen LogP contribution in [-0.4, -0.2) is 13.1 Å². The maximum Gasteiger partial charge on any atom is 0.338 e. The van der Waals surface area contributed by atoms with Gasteiger partial charge in [0.1, 0.15) is 5.82 Å². The van der Waals surface area contributed by atoms with Crippen LogP contribution < -0.4 is 5.32 Å². The summed E-state index contributed by atoms with van der Waals surface area (Å²) in [6, 6.07) is 23.7. The van der Waals surface area contributed by atoms with Gasteiger partial charge in [0, 0.05) is 5.69 Å². The van der Waals surface area contributed by atoms with Crippen molar-refractivity contribution >= 4 is 11.7 Å². The highest BCUT2D eigenvalue weighted by molar-refractivity contribution is 5.90. The van der Waals surface area contributed by atoms with E-state index in [1.165, 1.54) is 13.2 Å². The van der Waals surface area contributed by atoms with Crippen LogP contribution in [0.5, 0.6) is 0 Å². The van der Waals surface area contributed by atoms with Crippen LogP contribution in [0.2, 0.25) is 0 Å². The van der Waals surface area contributed by atoms with Gasteiger partial charge in [-0.2, -0.15) is 0 Å². The first-order chi connectivity index (χ1) is 12.2. The Morgan fingerprint density at radius 2 is 1.48 bits per heavy atom. The monoisotopic (exact) mass is 335 g/mol. The molecule has 0 aliphatic heterocycles. The summed E-state index contributed by atoms with van der Waals surface area (Å²) in [5.41, 5.74) is 2.76. The second-order valence-electron chi connectivity index (χ2n) is 5.62. The van der Waals surface area contributed by atoms with Crippen molar-refractivity contribution in [2.75, 3.05) is 12.4 Å². The van der Waals surface area contributed by atoms with E-state index in [9.17, 15) is 9.18 Å². The first-order valence-electron chi connectivity index (χ1n) is 7.92. The minimum Gasteiger partial charge on any atom is -0.465 e. The molecule has 4 heteroatoms. The summed E-state index contributed by atoms with van der Waals surface area (Å²) in [6.45, 7) is 0. The van der Waals surface area contributed by atoms with Crippen LogP contribution >= 0.6 is 0 Å². The van der Waals surface area contributed by atoms with Gasteiger partial charge in [0.2, 0.25) is 0 Å². The molecule has 0 aliphatic rings. The molecule has 0 radical (unpaired) electrons. The Bertz CT molecular complexity index is 811. The molecule has 0 saturated carbocycles. The number of methoxy groups -OCH3 is 1. The zero-order chi connectivity index (χ0) is 17.6. The predicted octanol–water partition coefficient (Wildman–Crippen LogP) is 4.81. The first kappa shape index (κ1) is 16.7. The lowest BCUT2D eigenvalue weighted by atomic mass is 9.98. The molecule has 0 fully saturated rings. The Kier molecular flexibility index (Phi) is 5.09. The van der Waals surface area contributed by atoms with Gasteiger partial charge in [-0.1, -0.05) is 60.7 Å². The highest BCUT2D eigenvalue weighted by atomic mass is 19.1. The summed E-state index contributed by atoms with van der Waals surface area (Å²) < 4.78 is 18.6. The lowest BCUT2D eigenvalue weighted by molar-refractivity contribution is 0.0600. The van der Waals surface area contributed by atoms with Crippen molar-refractivity contribution in [3.05, 3.63) is 101 Å². The van der Waals surface area contributed by atoms with Gasteiger partial charge < -0.3 is 10.1 Å². The molecule has 3 aromatic rings. The molecule has 0 aromatic heterocycles. The van der Waals surface area contributed by atoms with E-state index < -0.39 is 11.8 Å². The largest absolute Gasteiger partial charge is 0.465 e. The summed E-state index contributed by atoms with van der Waals surface area (Å²) in [7, 11) is 1.27. The minimum absolute atomic E-state index is 0.171. The number of esters is 1. The zero-order valence-corrected chi connectivity index (χ0v) is 13.8. The summed E-state index contributed by atoms with van der Waals surface area (Å²) in [5.74, 6) is -1.07. The number of carbonyl (C=O) groups is 1. The average Bonchev–Trinajstić information content (AvgIpc) is 2.66. The quantitative estimate of drug-likeness (QED) is 0.680. The van der Waals surface area contributed by atoms with E-state index in [-0.39, 0.29) is 11.6 Å². The topological polar surface area (TPSA) is 38.3 Å². The van der Waals surface area contributed by atoms with Crippen LogP contribution in [-0.2, 0) is 4.74 Å². The van der Waals surface area contributed by atoms with E-state index in [4.69, 9.17) is 0 Å². The number of benzene rings is 3. The van der Waals surface area contributed by atoms with E-state index in [1.54, 1.807) is 6.07 Å². The fourth-order valence-corrected chi connectivity index (χ4v) is 2.73. The number of hydrogen-bond acceptors (Lipinski definition) is 3. The Labute approximate surface area is 146 Å². The van der Waals surface area contributed by atoms with Gasteiger partial charge in [-0.25, -0.2) is 9.18 Å². The Hall–Kier alpha value is -3.14. The highest BCUT2D eigenvalue weighted by Gasteiger charge is 2.16. The lowest BCUT2D eigenvalue weighted by Gasteiger charge is -2.21. The Morgan fingerprint density at radius 1 is 0.920 bits per heavy atom. The molecule has 3 aromatic carbocycles. The number of anilines is 1. The number of carbonyl (C=O) groups excluding carboxylic acids is 1. The normalized spacial score (nSPS) is 10.5. The van der Waals surface area contributed by atoms with E-state index in [2.05, 4.69) is 10.1 Å². The molecule has 0 saturated heterocycles. The van der Waals surface area contributed by atoms with Gasteiger partial charge in [-0.15, -0.1) is 0 Å². The summed E-state index contributed by atoms with van der Waals surface area (Å²) in [6.07, 6.45) is 0. The Morgan fingerprint density at radius 3 is 2.00 bits per heavy atom. The number of halogens is 1. The Balaban J connectivity index is 1.99. The maximum atomic E-state index is 13.9. The third-order valence-corrected chi connectivity index (χ3v) is 3.90. The maximum absolute atomic E-state index is 13.9. The molecule has 1 N–H and O–H groups in total. The molecule has 0 atom stereocenters. The second kappa shape index (κ2) is 7.62. The van der Waals surface area contributed by atoms with Gasteiger partial charge in [0.05, 0.1) is 18.7 Å². The van der Waals surface area contributed by atoms with Crippen LogP contribution in [0.3, 0.4) is 0 Å². The lowest BCUT2D eigenvalue weighted by Crippen LogP contribution is -2.13. The molecule has 126 valence electrons. The summed E-state index contributed by atoms with van der Waals surface area (Å²) in [5, 5.41) is 3.32. The van der Waals surface area contributed by atoms with Crippen molar-refractivity contribution in [2.24, 2.45) is 0 Å². The predicted molar refractivity (Wildman–Crippen MR) is 96.1 cm³/mol. The summed E-state index contributed by atoms with van der Waals surface area (Å²) in [4.78, 5) is 11.7. The number of nitrogens with one attached hydrogen (secondary N) is 1. The average molecular weight is 335 g/mol. The molecule has 0 heterocycles. The number of ether oxygens (including phenoxy) is 1. The van der Waals surface area contributed by atoms with Crippen molar-refractivity contribution in [1.29, 1.82) is 0 Å². The van der Waals surface area contributed by atoms with Crippen LogP contribution in [0.15, 0.2) is 78.9 Å². The van der Waals surface area contributed by atoms with Gasteiger partial charge in [-0.3, -0.25) is 0 Å². The van der Waals surface area contributed by atoms with Crippen molar-refractivity contribution < 1.29 is 13.9 Å². The molecule has 0 amide bonds. The van der Waals surface area contributed by atoms with E-state index in [1.807, 2.05) is 60.7 Å². The summed E-state index contributed by atoms with van der Waals surface area (Å²) >= 11 is 0. The molecule has 25 heavy (non-hydrogen) atoms. The van der Waals surface area contributed by atoms with Crippen molar-refractivity contribution in [2.45, 2.75) is 6.04 Å². The molecular formula is C21H18FNO2. The van der Waals surface area contributed by atoms with E-state index >= 15 is 0 Å². The zero-order valence-electron chi connectivity index (χ0n) is 13.8. The molecule has 3 nitrogen and oxygen atoms in total. The highest BCUT2D eigenvalue weighted by Crippen LogP contribution is 2.27. The molecule has 0 aliphatic carbocycles. The fraction of sp³-hybridized carbons (Fsp3) is 0.0952. The van der Waals surface area contributed by atoms with Crippen molar-refractivity contribution in [1.82, 2.24) is 0 Å². The van der Waals surface area contributed by atoms with Gasteiger partial charge >= 0.3 is 5.97 Å². The molecule has 0 spiro atoms. The van der Waals surface area contributed by atoms with Crippen molar-refractivity contribution in [3.8, 4) is 0 Å². The third-order valence-electron chi connectivity index (χ3n) is 3.90. The van der Waals surface area contributed by atoms with Gasteiger partial charge in [0.15, 0.2) is 0 Å². The van der Waals surface area contributed by atoms with Gasteiger partial charge in [-0.05, 0) is 29.3 Å². The smallest absolute Gasteiger partial charge is 0.338 e. The van der Waals surface area contributed by atoms with E-state index in [0.717, 1.165) is 17.2 Å². The van der Waals surface area contributed by atoms with Crippen LogP contribution in [0.4, 0.5) is 10.1 Å². The standard InChI is InChI=1S/C21H18FNO2/c1-25-21(24)17-12-18(22)14-19(13-17)23-20(15-8-4-2-5-9-15)16-10-6-3-7-11-16/h2-14,20,23H,1H3. The van der Waals surface area contributed by atoms with Crippen LogP contribution in [0.25, 0.3) is 0 Å². The minimum atomic E-state index is -0.571. The molecule has 0 bridgehead atoms. The van der Waals surface area contributed by atoms with Gasteiger partial charge in [0.25, 0.3) is 0 Å². The van der Waals surface area contributed by atoms with Crippen LogP contribution in [0.1, 0.15) is 27.5 Å². The first-order valence-corrected chi connectivity index (χ1v) is 7.92. The number of hydrogen-bond donors (Lipinski definition) is 1. The molecule has 3 rings (SSSR count). The van der Waals surface area contributed by atoms with E-state index in [0.29, 0.717) is 5.69 Å². The van der Waals surface area contributed by atoms with Crippen LogP contribution in [0, 0.1) is 5.82 Å². The fourth-order valence-electron chi connectivity index (χ4n) is 2.73. The molecule has 0 unspecified atom stereocenters. The SMILES string of the molecule is COC(=O)c1cc(F)cc(NC(c2ccccc2)c2ccccc2)c1. The van der Waals surface area contributed by atoms with Crippen molar-refractivity contribution in [3.63, 3.8) is 0 Å².